The fraction of sp³-hybridized carbons (Fsp3) is 0.533. The quantitative estimate of drug-likeness (QED) is 0.734. The van der Waals surface area contributed by atoms with Gasteiger partial charge in [0.1, 0.15) is 11.9 Å². The molecule has 0 heterocycles. The van der Waals surface area contributed by atoms with Gasteiger partial charge in [-0.3, -0.25) is 4.79 Å². The molecule has 106 valence electrons. The van der Waals surface area contributed by atoms with E-state index in [1.165, 1.54) is 0 Å². The first-order chi connectivity index (χ1) is 9.15. The average Bonchev–Trinajstić information content (AvgIpc) is 2.39. The van der Waals surface area contributed by atoms with Gasteiger partial charge in [-0.05, 0) is 31.0 Å². The summed E-state index contributed by atoms with van der Waals surface area (Å²) in [6.45, 7) is 5.23. The second kappa shape index (κ2) is 8.53. The Hall–Kier alpha value is -1.55. The summed E-state index contributed by atoms with van der Waals surface area (Å²) >= 11 is 0. The number of esters is 1. The van der Waals surface area contributed by atoms with Gasteiger partial charge in [-0.25, -0.2) is 0 Å². The first-order valence-electron chi connectivity index (χ1n) is 6.68. The molecule has 19 heavy (non-hydrogen) atoms. The van der Waals surface area contributed by atoms with Crippen LogP contribution in [-0.4, -0.2) is 25.7 Å². The van der Waals surface area contributed by atoms with Crippen molar-refractivity contribution in [3.8, 4) is 5.75 Å². The second-order valence-electron chi connectivity index (χ2n) is 4.53. The van der Waals surface area contributed by atoms with Gasteiger partial charge in [-0.15, -0.1) is 0 Å². The number of carbonyl (C=O) groups excluding carboxylic acids is 1. The van der Waals surface area contributed by atoms with Crippen LogP contribution in [0.5, 0.6) is 5.75 Å². The Morgan fingerprint density at radius 3 is 2.89 bits per heavy atom. The fourth-order valence-corrected chi connectivity index (χ4v) is 1.73. The first-order valence-corrected chi connectivity index (χ1v) is 6.68. The first kappa shape index (κ1) is 15.5. The van der Waals surface area contributed by atoms with Crippen molar-refractivity contribution in [3.05, 3.63) is 29.8 Å². The molecule has 4 heteroatoms. The van der Waals surface area contributed by atoms with E-state index < -0.39 is 0 Å². The molecule has 0 bridgehead atoms. The summed E-state index contributed by atoms with van der Waals surface area (Å²) in [6.07, 6.45) is 1.20. The summed E-state index contributed by atoms with van der Waals surface area (Å²) < 4.78 is 10.4. The lowest BCUT2D eigenvalue weighted by Crippen LogP contribution is -2.28. The molecule has 0 radical (unpaired) electrons. The van der Waals surface area contributed by atoms with Gasteiger partial charge in [-0.1, -0.05) is 19.1 Å². The second-order valence-corrected chi connectivity index (χ2v) is 4.53. The third-order valence-corrected chi connectivity index (χ3v) is 2.68. The van der Waals surface area contributed by atoms with Crippen LogP contribution in [0, 0.1) is 0 Å². The van der Waals surface area contributed by atoms with Crippen molar-refractivity contribution in [1.82, 2.24) is 5.32 Å². The zero-order valence-electron chi connectivity index (χ0n) is 11.9. The van der Waals surface area contributed by atoms with Gasteiger partial charge < -0.3 is 14.8 Å². The zero-order valence-corrected chi connectivity index (χ0v) is 11.9. The number of methoxy groups -OCH3 is 1. The standard InChI is InChI=1S/C15H23NO3/c1-4-6-15(17)19-12(2)10-16-11-13-7-5-8-14(9-13)18-3/h5,7-9,12,16H,4,6,10-11H2,1-3H3. The van der Waals surface area contributed by atoms with Crippen LogP contribution in [0.15, 0.2) is 24.3 Å². The molecule has 1 aromatic rings. The Labute approximate surface area is 115 Å². The van der Waals surface area contributed by atoms with E-state index in [1.807, 2.05) is 38.1 Å². The highest BCUT2D eigenvalue weighted by Gasteiger charge is 2.07. The summed E-state index contributed by atoms with van der Waals surface area (Å²) in [5.41, 5.74) is 1.14. The maximum Gasteiger partial charge on any atom is 0.306 e. The third kappa shape index (κ3) is 6.25. The minimum absolute atomic E-state index is 0.107. The van der Waals surface area contributed by atoms with E-state index in [0.717, 1.165) is 24.3 Å². The predicted molar refractivity (Wildman–Crippen MR) is 75.2 cm³/mol. The topological polar surface area (TPSA) is 47.6 Å². The van der Waals surface area contributed by atoms with Crippen LogP contribution in [0.1, 0.15) is 32.3 Å². The fourth-order valence-electron chi connectivity index (χ4n) is 1.73. The van der Waals surface area contributed by atoms with E-state index in [4.69, 9.17) is 9.47 Å². The molecule has 0 spiro atoms. The third-order valence-electron chi connectivity index (χ3n) is 2.68. The van der Waals surface area contributed by atoms with Crippen molar-refractivity contribution in [3.63, 3.8) is 0 Å². The van der Waals surface area contributed by atoms with Crippen molar-refractivity contribution in [2.24, 2.45) is 0 Å². The zero-order chi connectivity index (χ0) is 14.1. The Balaban J connectivity index is 2.27. The number of rotatable bonds is 8. The smallest absolute Gasteiger partial charge is 0.306 e. The number of ether oxygens (including phenoxy) is 2. The van der Waals surface area contributed by atoms with E-state index >= 15 is 0 Å². The molecule has 0 amide bonds. The molecule has 1 aromatic carbocycles. The highest BCUT2D eigenvalue weighted by atomic mass is 16.5. The molecule has 1 unspecified atom stereocenters. The molecule has 1 N–H and O–H groups in total. The molecule has 0 aromatic heterocycles. The molecule has 0 aliphatic heterocycles. The molecule has 4 nitrogen and oxygen atoms in total. The van der Waals surface area contributed by atoms with E-state index in [1.54, 1.807) is 7.11 Å². The van der Waals surface area contributed by atoms with Crippen LogP contribution in [0.4, 0.5) is 0 Å². The van der Waals surface area contributed by atoms with E-state index in [9.17, 15) is 4.79 Å². The number of benzene rings is 1. The monoisotopic (exact) mass is 265 g/mol. The number of nitrogens with one attached hydrogen (secondary N) is 1. The normalized spacial score (nSPS) is 11.9. The van der Waals surface area contributed by atoms with Crippen LogP contribution in [0.2, 0.25) is 0 Å². The van der Waals surface area contributed by atoms with E-state index in [0.29, 0.717) is 13.0 Å². The minimum atomic E-state index is -0.127. The van der Waals surface area contributed by atoms with Gasteiger partial charge in [0, 0.05) is 19.5 Å². The Morgan fingerprint density at radius 2 is 2.21 bits per heavy atom. The Morgan fingerprint density at radius 1 is 1.42 bits per heavy atom. The lowest BCUT2D eigenvalue weighted by molar-refractivity contribution is -0.148. The lowest BCUT2D eigenvalue weighted by Gasteiger charge is -2.14. The SMILES string of the molecule is CCCC(=O)OC(C)CNCc1cccc(OC)c1. The average molecular weight is 265 g/mol. The van der Waals surface area contributed by atoms with Crippen LogP contribution < -0.4 is 10.1 Å². The molecule has 0 aliphatic carbocycles. The summed E-state index contributed by atoms with van der Waals surface area (Å²) in [5, 5.41) is 3.27. The Bertz CT molecular complexity index is 393. The van der Waals surface area contributed by atoms with E-state index in [-0.39, 0.29) is 12.1 Å². The molecular weight excluding hydrogens is 242 g/mol. The van der Waals surface area contributed by atoms with E-state index in [2.05, 4.69) is 5.32 Å². The molecule has 0 fully saturated rings. The van der Waals surface area contributed by atoms with Crippen molar-refractivity contribution in [2.75, 3.05) is 13.7 Å². The number of carbonyl (C=O) groups is 1. The molecule has 1 atom stereocenters. The summed E-state index contributed by atoms with van der Waals surface area (Å²) in [5.74, 6) is 0.722. The van der Waals surface area contributed by atoms with Gasteiger partial charge in [0.15, 0.2) is 0 Å². The number of hydrogen-bond acceptors (Lipinski definition) is 4. The summed E-state index contributed by atoms with van der Waals surface area (Å²) in [6, 6.07) is 7.89. The predicted octanol–water partition coefficient (Wildman–Crippen LogP) is 2.52. The maximum atomic E-state index is 11.3. The molecule has 0 aliphatic rings. The molecule has 1 rings (SSSR count). The van der Waals surface area contributed by atoms with Crippen molar-refractivity contribution in [1.29, 1.82) is 0 Å². The van der Waals surface area contributed by atoms with Gasteiger partial charge >= 0.3 is 5.97 Å². The highest BCUT2D eigenvalue weighted by Crippen LogP contribution is 2.12. The molecular formula is C15H23NO3. The van der Waals surface area contributed by atoms with Crippen LogP contribution in [0.3, 0.4) is 0 Å². The molecule has 0 saturated carbocycles. The van der Waals surface area contributed by atoms with Crippen molar-refractivity contribution >= 4 is 5.97 Å². The van der Waals surface area contributed by atoms with Crippen LogP contribution in [-0.2, 0) is 16.1 Å². The van der Waals surface area contributed by atoms with Crippen molar-refractivity contribution in [2.45, 2.75) is 39.3 Å². The highest BCUT2D eigenvalue weighted by molar-refractivity contribution is 5.69. The minimum Gasteiger partial charge on any atom is -0.497 e. The van der Waals surface area contributed by atoms with Crippen LogP contribution >= 0.6 is 0 Å². The van der Waals surface area contributed by atoms with Gasteiger partial charge in [0.05, 0.1) is 7.11 Å². The summed E-state index contributed by atoms with van der Waals surface area (Å²) in [4.78, 5) is 11.3. The largest absolute Gasteiger partial charge is 0.497 e. The molecule has 0 saturated heterocycles. The van der Waals surface area contributed by atoms with Crippen molar-refractivity contribution < 1.29 is 14.3 Å². The van der Waals surface area contributed by atoms with Gasteiger partial charge in [-0.2, -0.15) is 0 Å². The Kier molecular flexibility index (Phi) is 6.97. The maximum absolute atomic E-state index is 11.3. The van der Waals surface area contributed by atoms with Crippen LogP contribution in [0.25, 0.3) is 0 Å². The lowest BCUT2D eigenvalue weighted by atomic mass is 10.2. The van der Waals surface area contributed by atoms with Gasteiger partial charge in [0.25, 0.3) is 0 Å². The van der Waals surface area contributed by atoms with Gasteiger partial charge in [0.2, 0.25) is 0 Å². The summed E-state index contributed by atoms with van der Waals surface area (Å²) in [7, 11) is 1.65. The number of hydrogen-bond donors (Lipinski definition) is 1.